The predicted molar refractivity (Wildman–Crippen MR) is 237 cm³/mol. The van der Waals surface area contributed by atoms with Crippen LogP contribution in [0.4, 0.5) is 0 Å². The Kier molecular flexibility index (Phi) is 40.2. The second kappa shape index (κ2) is 41.7. The Morgan fingerprint density at radius 1 is 0.517 bits per heavy atom. The van der Waals surface area contributed by atoms with Gasteiger partial charge in [0.05, 0.1) is 18.8 Å². The maximum Gasteiger partial charge on any atom is 0.469 e. The number of esters is 2. The van der Waals surface area contributed by atoms with Gasteiger partial charge in [-0.25, -0.2) is 4.57 Å². The number of carbonyl (C=O) groups excluding carboxylic acids is 2. The van der Waals surface area contributed by atoms with Crippen LogP contribution in [0.5, 0.6) is 0 Å². The molecule has 11 heteroatoms. The minimum absolute atomic E-state index is 0.0469. The Morgan fingerprint density at radius 3 is 1.50 bits per heavy atom. The molecule has 0 amide bonds. The number of unbranched alkanes of at least 4 members (excludes halogenated alkanes) is 20. The Balaban J connectivity index is 4.07. The Labute approximate surface area is 353 Å². The third-order valence-corrected chi connectivity index (χ3v) is 10.5. The first-order chi connectivity index (χ1) is 28.1. The SMILES string of the molecule is CCCCC/C=C\C/C=C\C/C=C\CC(O)C(O)CCCC(=O)OC[C@H](COP(=O)(O)O)OC(=O)CCCCCCCCCCCCC/C=C\CCCCCCCC. The van der Waals surface area contributed by atoms with Crippen molar-refractivity contribution in [3.8, 4) is 0 Å². The van der Waals surface area contributed by atoms with Gasteiger partial charge in [-0.05, 0) is 77.0 Å². The molecule has 0 aromatic heterocycles. The molecule has 2 unspecified atom stereocenters. The maximum absolute atomic E-state index is 12.5. The van der Waals surface area contributed by atoms with Crippen molar-refractivity contribution in [3.63, 3.8) is 0 Å². The summed E-state index contributed by atoms with van der Waals surface area (Å²) < 4.78 is 26.3. The summed E-state index contributed by atoms with van der Waals surface area (Å²) in [6, 6.07) is 0. The average Bonchev–Trinajstić information content (AvgIpc) is 3.19. The van der Waals surface area contributed by atoms with Gasteiger partial charge in [0.1, 0.15) is 6.61 Å². The summed E-state index contributed by atoms with van der Waals surface area (Å²) in [7, 11) is -4.83. The number of hydrogen-bond acceptors (Lipinski definition) is 8. The van der Waals surface area contributed by atoms with E-state index in [-0.39, 0.29) is 25.7 Å². The van der Waals surface area contributed by atoms with Crippen molar-refractivity contribution in [1.29, 1.82) is 0 Å². The quantitative estimate of drug-likeness (QED) is 0.0202. The van der Waals surface area contributed by atoms with Gasteiger partial charge in [0.2, 0.25) is 0 Å². The number of carbonyl (C=O) groups is 2. The largest absolute Gasteiger partial charge is 0.469 e. The van der Waals surface area contributed by atoms with E-state index in [9.17, 15) is 24.4 Å². The van der Waals surface area contributed by atoms with Gasteiger partial charge >= 0.3 is 19.8 Å². The lowest BCUT2D eigenvalue weighted by Crippen LogP contribution is -2.29. The number of aliphatic hydroxyl groups is 2. The lowest BCUT2D eigenvalue weighted by Gasteiger charge is -2.19. The van der Waals surface area contributed by atoms with Crippen molar-refractivity contribution in [2.45, 2.75) is 225 Å². The van der Waals surface area contributed by atoms with Crippen LogP contribution in [0.25, 0.3) is 0 Å². The van der Waals surface area contributed by atoms with E-state index < -0.39 is 51.3 Å². The highest BCUT2D eigenvalue weighted by Crippen LogP contribution is 2.36. The maximum atomic E-state index is 12.5. The van der Waals surface area contributed by atoms with Gasteiger partial charge in [0, 0.05) is 12.8 Å². The summed E-state index contributed by atoms with van der Waals surface area (Å²) in [4.78, 5) is 43.0. The number of allylic oxidation sites excluding steroid dienone is 7. The fraction of sp³-hybridized carbons (Fsp3) is 0.787. The summed E-state index contributed by atoms with van der Waals surface area (Å²) in [6.07, 6.45) is 44.3. The molecule has 0 aromatic rings. The van der Waals surface area contributed by atoms with Crippen LogP contribution in [-0.4, -0.2) is 63.5 Å². The Hall–Kier alpha value is -2.07. The van der Waals surface area contributed by atoms with Crippen LogP contribution in [0.2, 0.25) is 0 Å². The molecule has 58 heavy (non-hydrogen) atoms. The van der Waals surface area contributed by atoms with Crippen LogP contribution >= 0.6 is 7.82 Å². The Bertz CT molecular complexity index is 1110. The molecule has 0 bridgehead atoms. The van der Waals surface area contributed by atoms with Gasteiger partial charge in [0.15, 0.2) is 6.10 Å². The molecule has 0 aliphatic heterocycles. The van der Waals surface area contributed by atoms with Crippen molar-refractivity contribution in [3.05, 3.63) is 48.6 Å². The number of rotatable bonds is 42. The monoisotopic (exact) mass is 841 g/mol. The first-order valence-corrected chi connectivity index (χ1v) is 24.6. The highest BCUT2D eigenvalue weighted by Gasteiger charge is 2.23. The van der Waals surface area contributed by atoms with Gasteiger partial charge in [-0.1, -0.05) is 165 Å². The van der Waals surface area contributed by atoms with Crippen molar-refractivity contribution >= 4 is 19.8 Å². The topological polar surface area (TPSA) is 160 Å². The molecule has 0 saturated heterocycles. The van der Waals surface area contributed by atoms with Crippen LogP contribution in [-0.2, 0) is 28.2 Å². The van der Waals surface area contributed by atoms with Crippen LogP contribution in [0, 0.1) is 0 Å². The normalized spacial score (nSPS) is 14.0. The molecular weight excluding hydrogens is 755 g/mol. The van der Waals surface area contributed by atoms with Crippen LogP contribution < -0.4 is 0 Å². The van der Waals surface area contributed by atoms with Crippen molar-refractivity contribution in [1.82, 2.24) is 0 Å². The van der Waals surface area contributed by atoms with Crippen LogP contribution in [0.15, 0.2) is 48.6 Å². The third kappa shape index (κ3) is 42.1. The van der Waals surface area contributed by atoms with E-state index >= 15 is 0 Å². The zero-order valence-electron chi connectivity index (χ0n) is 36.7. The smallest absolute Gasteiger partial charge is 0.462 e. The number of ether oxygens (including phenoxy) is 2. The standard InChI is InChI=1S/C47H85O10P/c1-3-5-7-9-11-13-15-17-18-19-20-21-22-23-24-25-27-29-31-33-35-39-47(51)57-43(42-56-58(52,53)54)41-55-46(50)40-36-38-45(49)44(48)37-34-32-30-28-26-16-14-12-10-8-6-4-2/h12,14,17-18,26,28,32,34,43-45,48-49H,3-11,13,15-16,19-25,27,29-31,33,35-42H2,1-2H3,(H2,52,53,54)/b14-12-,18-17-,28-26-,34-32-/t43-,44?,45?/m1/s1. The van der Waals surface area contributed by atoms with E-state index in [2.05, 4.69) is 54.8 Å². The minimum atomic E-state index is -4.83. The third-order valence-electron chi connectivity index (χ3n) is 10.0. The number of aliphatic hydroxyl groups excluding tert-OH is 2. The zero-order chi connectivity index (χ0) is 42.8. The molecule has 0 aromatic carbocycles. The molecule has 10 nitrogen and oxygen atoms in total. The van der Waals surface area contributed by atoms with E-state index in [1.54, 1.807) is 0 Å². The summed E-state index contributed by atoms with van der Waals surface area (Å²) in [5, 5.41) is 20.6. The van der Waals surface area contributed by atoms with Crippen LogP contribution in [0.1, 0.15) is 206 Å². The molecule has 3 atom stereocenters. The van der Waals surface area contributed by atoms with E-state index in [0.29, 0.717) is 12.8 Å². The second-order valence-electron chi connectivity index (χ2n) is 15.7. The van der Waals surface area contributed by atoms with E-state index in [4.69, 9.17) is 19.3 Å². The molecule has 4 N–H and O–H groups in total. The molecule has 0 fully saturated rings. The molecule has 0 rings (SSSR count). The molecule has 0 heterocycles. The van der Waals surface area contributed by atoms with Gasteiger partial charge < -0.3 is 29.5 Å². The van der Waals surface area contributed by atoms with Crippen molar-refractivity contribution in [2.24, 2.45) is 0 Å². The minimum Gasteiger partial charge on any atom is -0.462 e. The molecule has 0 radical (unpaired) electrons. The van der Waals surface area contributed by atoms with Crippen LogP contribution in [0.3, 0.4) is 0 Å². The highest BCUT2D eigenvalue weighted by molar-refractivity contribution is 7.46. The Morgan fingerprint density at radius 2 is 0.948 bits per heavy atom. The molecule has 0 aliphatic carbocycles. The molecule has 0 spiro atoms. The summed E-state index contributed by atoms with van der Waals surface area (Å²) in [5.74, 6) is -1.17. The number of phosphoric acid groups is 1. The van der Waals surface area contributed by atoms with E-state index in [1.807, 2.05) is 12.2 Å². The fourth-order valence-electron chi connectivity index (χ4n) is 6.41. The van der Waals surface area contributed by atoms with Gasteiger partial charge in [-0.2, -0.15) is 0 Å². The van der Waals surface area contributed by atoms with E-state index in [1.165, 1.54) is 116 Å². The summed E-state index contributed by atoms with van der Waals surface area (Å²) >= 11 is 0. The number of hydrogen-bond donors (Lipinski definition) is 4. The first kappa shape index (κ1) is 55.9. The van der Waals surface area contributed by atoms with Gasteiger partial charge in [-0.15, -0.1) is 0 Å². The number of phosphoric ester groups is 1. The van der Waals surface area contributed by atoms with Crippen molar-refractivity contribution in [2.75, 3.05) is 13.2 Å². The highest BCUT2D eigenvalue weighted by atomic mass is 31.2. The molecule has 0 aliphatic rings. The summed E-state index contributed by atoms with van der Waals surface area (Å²) in [5.41, 5.74) is 0. The van der Waals surface area contributed by atoms with Crippen molar-refractivity contribution < 1.29 is 48.2 Å². The second-order valence-corrected chi connectivity index (χ2v) is 16.9. The van der Waals surface area contributed by atoms with Gasteiger partial charge in [-0.3, -0.25) is 14.1 Å². The van der Waals surface area contributed by atoms with Gasteiger partial charge in [0.25, 0.3) is 0 Å². The molecule has 338 valence electrons. The molecular formula is C47H85O10P. The van der Waals surface area contributed by atoms with E-state index in [0.717, 1.165) is 38.5 Å². The lowest BCUT2D eigenvalue weighted by atomic mass is 10.0. The fourth-order valence-corrected chi connectivity index (χ4v) is 6.77. The lowest BCUT2D eigenvalue weighted by molar-refractivity contribution is -0.161. The molecule has 0 saturated carbocycles. The predicted octanol–water partition coefficient (Wildman–Crippen LogP) is 12.2. The first-order valence-electron chi connectivity index (χ1n) is 23.1. The average molecular weight is 841 g/mol. The summed E-state index contributed by atoms with van der Waals surface area (Å²) in [6.45, 7) is 3.42. The zero-order valence-corrected chi connectivity index (χ0v) is 37.6.